The SMILES string of the molecule is COc1cc(F)ccc1NCCCCO. The van der Waals surface area contributed by atoms with Crippen LogP contribution in [0.15, 0.2) is 18.2 Å². The fraction of sp³-hybridized carbons (Fsp3) is 0.455. The summed E-state index contributed by atoms with van der Waals surface area (Å²) in [6.45, 7) is 0.935. The minimum absolute atomic E-state index is 0.197. The van der Waals surface area contributed by atoms with Gasteiger partial charge in [0.05, 0.1) is 12.8 Å². The van der Waals surface area contributed by atoms with Crippen LogP contribution in [-0.4, -0.2) is 25.4 Å². The van der Waals surface area contributed by atoms with Crippen LogP contribution in [0.3, 0.4) is 0 Å². The molecule has 0 saturated heterocycles. The van der Waals surface area contributed by atoms with Crippen molar-refractivity contribution in [1.29, 1.82) is 0 Å². The number of rotatable bonds is 6. The van der Waals surface area contributed by atoms with Gasteiger partial charge in [0.15, 0.2) is 0 Å². The van der Waals surface area contributed by atoms with Crippen LogP contribution in [0.25, 0.3) is 0 Å². The van der Waals surface area contributed by atoms with Crippen molar-refractivity contribution in [2.24, 2.45) is 0 Å². The fourth-order valence-electron chi connectivity index (χ4n) is 1.27. The van der Waals surface area contributed by atoms with E-state index in [9.17, 15) is 4.39 Å². The number of unbranched alkanes of at least 4 members (excludes halogenated alkanes) is 1. The molecule has 15 heavy (non-hydrogen) atoms. The Balaban J connectivity index is 2.52. The first-order valence-corrected chi connectivity index (χ1v) is 4.96. The van der Waals surface area contributed by atoms with Gasteiger partial charge >= 0.3 is 0 Å². The molecule has 3 nitrogen and oxygen atoms in total. The van der Waals surface area contributed by atoms with Gasteiger partial charge in [-0.1, -0.05) is 0 Å². The summed E-state index contributed by atoms with van der Waals surface area (Å²) in [7, 11) is 1.51. The van der Waals surface area contributed by atoms with E-state index in [0.717, 1.165) is 25.1 Å². The summed E-state index contributed by atoms with van der Waals surface area (Å²) < 4.78 is 17.9. The number of anilines is 1. The summed E-state index contributed by atoms with van der Waals surface area (Å²) in [4.78, 5) is 0. The molecule has 0 heterocycles. The number of aliphatic hydroxyl groups is 1. The van der Waals surface area contributed by atoms with Crippen LogP contribution >= 0.6 is 0 Å². The second kappa shape index (κ2) is 6.24. The minimum atomic E-state index is -0.312. The molecule has 0 radical (unpaired) electrons. The Hall–Kier alpha value is -1.29. The molecule has 1 rings (SSSR count). The average molecular weight is 213 g/mol. The first-order chi connectivity index (χ1) is 7.27. The van der Waals surface area contributed by atoms with Gasteiger partial charge in [0.2, 0.25) is 0 Å². The summed E-state index contributed by atoms with van der Waals surface area (Å²) in [6.07, 6.45) is 1.63. The number of methoxy groups -OCH3 is 1. The first kappa shape index (κ1) is 11.8. The summed E-state index contributed by atoms with van der Waals surface area (Å²) in [5.74, 6) is 0.187. The highest BCUT2D eigenvalue weighted by atomic mass is 19.1. The third-order valence-corrected chi connectivity index (χ3v) is 2.06. The number of benzene rings is 1. The van der Waals surface area contributed by atoms with Crippen LogP contribution in [-0.2, 0) is 0 Å². The zero-order chi connectivity index (χ0) is 11.1. The molecule has 0 atom stereocenters. The van der Waals surface area contributed by atoms with Crippen molar-refractivity contribution in [2.45, 2.75) is 12.8 Å². The van der Waals surface area contributed by atoms with Crippen LogP contribution in [0.4, 0.5) is 10.1 Å². The van der Waals surface area contributed by atoms with Gasteiger partial charge in [-0.15, -0.1) is 0 Å². The van der Waals surface area contributed by atoms with Crippen molar-refractivity contribution in [2.75, 3.05) is 25.6 Å². The average Bonchev–Trinajstić information content (AvgIpc) is 2.26. The third kappa shape index (κ3) is 3.75. The summed E-state index contributed by atoms with van der Waals surface area (Å²) in [5, 5.41) is 11.7. The largest absolute Gasteiger partial charge is 0.494 e. The lowest BCUT2D eigenvalue weighted by Crippen LogP contribution is -2.04. The third-order valence-electron chi connectivity index (χ3n) is 2.06. The second-order valence-corrected chi connectivity index (χ2v) is 3.20. The van der Waals surface area contributed by atoms with E-state index in [4.69, 9.17) is 9.84 Å². The molecule has 84 valence electrons. The lowest BCUT2D eigenvalue weighted by atomic mass is 10.2. The molecule has 1 aromatic rings. The van der Waals surface area contributed by atoms with Gasteiger partial charge < -0.3 is 15.2 Å². The highest BCUT2D eigenvalue weighted by Crippen LogP contribution is 2.24. The van der Waals surface area contributed by atoms with Crippen molar-refractivity contribution in [3.8, 4) is 5.75 Å². The summed E-state index contributed by atoms with van der Waals surface area (Å²) in [5.41, 5.74) is 0.775. The van der Waals surface area contributed by atoms with E-state index < -0.39 is 0 Å². The van der Waals surface area contributed by atoms with E-state index in [1.165, 1.54) is 19.2 Å². The first-order valence-electron chi connectivity index (χ1n) is 4.96. The maximum Gasteiger partial charge on any atom is 0.144 e. The summed E-state index contributed by atoms with van der Waals surface area (Å²) >= 11 is 0. The fourth-order valence-corrected chi connectivity index (χ4v) is 1.27. The molecule has 4 heteroatoms. The van der Waals surface area contributed by atoms with E-state index in [-0.39, 0.29) is 12.4 Å². The minimum Gasteiger partial charge on any atom is -0.494 e. The van der Waals surface area contributed by atoms with Crippen molar-refractivity contribution >= 4 is 5.69 Å². The number of aliphatic hydroxyl groups excluding tert-OH is 1. The van der Waals surface area contributed by atoms with Gasteiger partial charge in [-0.3, -0.25) is 0 Å². The van der Waals surface area contributed by atoms with Crippen LogP contribution in [0.5, 0.6) is 5.75 Å². The van der Waals surface area contributed by atoms with E-state index in [1.807, 2.05) is 0 Å². The van der Waals surface area contributed by atoms with Gasteiger partial charge in [0, 0.05) is 19.2 Å². The molecule has 0 aliphatic rings. The Kier molecular flexibility index (Phi) is 4.90. The quantitative estimate of drug-likeness (QED) is 0.710. The van der Waals surface area contributed by atoms with Crippen LogP contribution < -0.4 is 10.1 Å². The van der Waals surface area contributed by atoms with Gasteiger partial charge in [-0.05, 0) is 25.0 Å². The molecular formula is C11H16FNO2. The predicted molar refractivity (Wildman–Crippen MR) is 57.8 cm³/mol. The lowest BCUT2D eigenvalue weighted by molar-refractivity contribution is 0.286. The van der Waals surface area contributed by atoms with E-state index in [2.05, 4.69) is 5.32 Å². The molecule has 0 amide bonds. The maximum atomic E-state index is 12.8. The van der Waals surface area contributed by atoms with Crippen molar-refractivity contribution in [3.63, 3.8) is 0 Å². The zero-order valence-electron chi connectivity index (χ0n) is 8.79. The van der Waals surface area contributed by atoms with Gasteiger partial charge in [0.25, 0.3) is 0 Å². The number of halogens is 1. The number of nitrogens with one attached hydrogen (secondary N) is 1. The van der Waals surface area contributed by atoms with Crippen molar-refractivity contribution in [1.82, 2.24) is 0 Å². The highest BCUT2D eigenvalue weighted by molar-refractivity contribution is 5.56. The summed E-state index contributed by atoms with van der Waals surface area (Å²) in [6, 6.07) is 4.37. The highest BCUT2D eigenvalue weighted by Gasteiger charge is 2.03. The monoisotopic (exact) mass is 213 g/mol. The molecule has 0 bridgehead atoms. The number of hydrogen-bond acceptors (Lipinski definition) is 3. The molecule has 0 aromatic heterocycles. The van der Waals surface area contributed by atoms with Gasteiger partial charge in [-0.25, -0.2) is 4.39 Å². The molecule has 0 aliphatic carbocycles. The Morgan fingerprint density at radius 3 is 2.87 bits per heavy atom. The topological polar surface area (TPSA) is 41.5 Å². The lowest BCUT2D eigenvalue weighted by Gasteiger charge is -2.10. The van der Waals surface area contributed by atoms with Crippen molar-refractivity contribution < 1.29 is 14.2 Å². The smallest absolute Gasteiger partial charge is 0.144 e. The molecule has 0 saturated carbocycles. The van der Waals surface area contributed by atoms with Gasteiger partial charge in [0.1, 0.15) is 11.6 Å². The molecule has 1 aromatic carbocycles. The van der Waals surface area contributed by atoms with Crippen molar-refractivity contribution in [3.05, 3.63) is 24.0 Å². The standard InChI is InChI=1S/C11H16FNO2/c1-15-11-8-9(12)4-5-10(11)13-6-2-3-7-14/h4-5,8,13-14H,2-3,6-7H2,1H3. The molecular weight excluding hydrogens is 197 g/mol. The Morgan fingerprint density at radius 1 is 1.40 bits per heavy atom. The maximum absolute atomic E-state index is 12.8. The van der Waals surface area contributed by atoms with E-state index in [0.29, 0.717) is 5.75 Å². The molecule has 0 spiro atoms. The molecule has 0 aliphatic heterocycles. The Morgan fingerprint density at radius 2 is 2.20 bits per heavy atom. The molecule has 0 fully saturated rings. The molecule has 0 unspecified atom stereocenters. The van der Waals surface area contributed by atoms with Crippen LogP contribution in [0.2, 0.25) is 0 Å². The molecule has 2 N–H and O–H groups in total. The van der Waals surface area contributed by atoms with E-state index >= 15 is 0 Å². The van der Waals surface area contributed by atoms with Crippen LogP contribution in [0.1, 0.15) is 12.8 Å². The second-order valence-electron chi connectivity index (χ2n) is 3.20. The number of hydrogen-bond donors (Lipinski definition) is 2. The van der Waals surface area contributed by atoms with Crippen LogP contribution in [0, 0.1) is 5.82 Å². The normalized spacial score (nSPS) is 10.1. The van der Waals surface area contributed by atoms with E-state index in [1.54, 1.807) is 6.07 Å². The zero-order valence-corrected chi connectivity index (χ0v) is 8.79. The predicted octanol–water partition coefficient (Wildman–Crippen LogP) is 2.02. The Labute approximate surface area is 88.9 Å². The van der Waals surface area contributed by atoms with Gasteiger partial charge in [-0.2, -0.15) is 0 Å². The Bertz CT molecular complexity index is 305. The number of ether oxygens (including phenoxy) is 1.